The Bertz CT molecular complexity index is 523. The fourth-order valence-corrected chi connectivity index (χ4v) is 2.39. The first-order chi connectivity index (χ1) is 9.70. The normalized spacial score (nSPS) is 12.2. The molecule has 0 spiro atoms. The molecule has 2 rings (SSSR count). The maximum absolute atomic E-state index is 5.96. The van der Waals surface area contributed by atoms with Crippen LogP contribution in [0.15, 0.2) is 48.7 Å². The molecule has 0 saturated carbocycles. The number of hydrogen-bond acceptors (Lipinski definition) is 3. The smallest absolute Gasteiger partial charge is 0.0601 e. The first-order valence-corrected chi connectivity index (χ1v) is 7.19. The van der Waals surface area contributed by atoms with Gasteiger partial charge in [-0.15, -0.1) is 0 Å². The standard InChI is InChI=1S/C17H23N3/c1-3-20(13-16-9-6-7-11-19-16)17-10-5-4-8-15(17)12-14(2)18/h4-11,14H,3,12-13,18H2,1-2H3. The molecule has 0 aliphatic carbocycles. The Hall–Kier alpha value is -1.87. The summed E-state index contributed by atoms with van der Waals surface area (Å²) < 4.78 is 0. The first kappa shape index (κ1) is 14.5. The molecule has 3 nitrogen and oxygen atoms in total. The first-order valence-electron chi connectivity index (χ1n) is 7.19. The molecule has 20 heavy (non-hydrogen) atoms. The third-order valence-electron chi connectivity index (χ3n) is 3.33. The zero-order chi connectivity index (χ0) is 14.4. The van der Waals surface area contributed by atoms with Gasteiger partial charge in [-0.05, 0) is 44.0 Å². The number of para-hydroxylation sites is 1. The van der Waals surface area contributed by atoms with Crippen LogP contribution in [0.4, 0.5) is 5.69 Å². The Morgan fingerprint density at radius 2 is 1.90 bits per heavy atom. The highest BCUT2D eigenvalue weighted by molar-refractivity contribution is 5.54. The van der Waals surface area contributed by atoms with Crippen LogP contribution in [0.1, 0.15) is 25.1 Å². The quantitative estimate of drug-likeness (QED) is 0.876. The molecular formula is C17H23N3. The average molecular weight is 269 g/mol. The van der Waals surface area contributed by atoms with E-state index in [1.165, 1.54) is 11.3 Å². The molecule has 1 aromatic heterocycles. The molecule has 1 unspecified atom stereocenters. The van der Waals surface area contributed by atoms with E-state index in [-0.39, 0.29) is 6.04 Å². The van der Waals surface area contributed by atoms with Gasteiger partial charge in [-0.1, -0.05) is 24.3 Å². The van der Waals surface area contributed by atoms with Crippen LogP contribution in [-0.4, -0.2) is 17.6 Å². The monoisotopic (exact) mass is 269 g/mol. The van der Waals surface area contributed by atoms with Gasteiger partial charge < -0.3 is 10.6 Å². The van der Waals surface area contributed by atoms with E-state index in [1.807, 2.05) is 25.3 Å². The van der Waals surface area contributed by atoms with Crippen molar-refractivity contribution < 1.29 is 0 Å². The zero-order valence-corrected chi connectivity index (χ0v) is 12.3. The van der Waals surface area contributed by atoms with Crippen molar-refractivity contribution in [2.24, 2.45) is 5.73 Å². The van der Waals surface area contributed by atoms with Crippen LogP contribution in [0.25, 0.3) is 0 Å². The molecule has 0 aliphatic heterocycles. The van der Waals surface area contributed by atoms with Crippen molar-refractivity contribution in [1.29, 1.82) is 0 Å². The molecule has 0 fully saturated rings. The minimum atomic E-state index is 0.171. The minimum Gasteiger partial charge on any atom is -0.366 e. The second kappa shape index (κ2) is 7.06. The summed E-state index contributed by atoms with van der Waals surface area (Å²) in [5.41, 5.74) is 9.61. The molecule has 2 aromatic rings. The number of aromatic nitrogens is 1. The van der Waals surface area contributed by atoms with Gasteiger partial charge in [0.1, 0.15) is 0 Å². The van der Waals surface area contributed by atoms with E-state index in [0.717, 1.165) is 25.2 Å². The van der Waals surface area contributed by atoms with Crippen molar-refractivity contribution >= 4 is 5.69 Å². The van der Waals surface area contributed by atoms with Gasteiger partial charge in [0, 0.05) is 24.5 Å². The predicted molar refractivity (Wildman–Crippen MR) is 84.8 cm³/mol. The van der Waals surface area contributed by atoms with Gasteiger partial charge in [0.05, 0.1) is 12.2 Å². The average Bonchev–Trinajstić information content (AvgIpc) is 2.46. The summed E-state index contributed by atoms with van der Waals surface area (Å²) >= 11 is 0. The number of anilines is 1. The van der Waals surface area contributed by atoms with E-state index in [9.17, 15) is 0 Å². The highest BCUT2D eigenvalue weighted by Gasteiger charge is 2.11. The molecule has 0 aliphatic rings. The molecule has 2 N–H and O–H groups in total. The van der Waals surface area contributed by atoms with E-state index < -0.39 is 0 Å². The van der Waals surface area contributed by atoms with Crippen molar-refractivity contribution in [3.63, 3.8) is 0 Å². The molecule has 0 saturated heterocycles. The van der Waals surface area contributed by atoms with Crippen molar-refractivity contribution in [3.8, 4) is 0 Å². The lowest BCUT2D eigenvalue weighted by Gasteiger charge is -2.26. The van der Waals surface area contributed by atoms with E-state index in [2.05, 4.69) is 47.1 Å². The molecule has 0 bridgehead atoms. The van der Waals surface area contributed by atoms with Gasteiger partial charge in [0.2, 0.25) is 0 Å². The number of hydrogen-bond donors (Lipinski definition) is 1. The Balaban J connectivity index is 2.23. The number of rotatable bonds is 6. The van der Waals surface area contributed by atoms with Crippen molar-refractivity contribution in [2.45, 2.75) is 32.9 Å². The number of pyridine rings is 1. The molecular weight excluding hydrogens is 246 g/mol. The largest absolute Gasteiger partial charge is 0.366 e. The number of nitrogens with zero attached hydrogens (tertiary/aromatic N) is 2. The van der Waals surface area contributed by atoms with Crippen LogP contribution in [0.2, 0.25) is 0 Å². The summed E-state index contributed by atoms with van der Waals surface area (Å²) in [6.07, 6.45) is 2.74. The lowest BCUT2D eigenvalue weighted by Crippen LogP contribution is -2.25. The van der Waals surface area contributed by atoms with Crippen LogP contribution in [0.3, 0.4) is 0 Å². The van der Waals surface area contributed by atoms with E-state index in [4.69, 9.17) is 5.73 Å². The zero-order valence-electron chi connectivity index (χ0n) is 12.3. The van der Waals surface area contributed by atoms with Crippen LogP contribution in [0.5, 0.6) is 0 Å². The van der Waals surface area contributed by atoms with Crippen molar-refractivity contribution in [3.05, 3.63) is 59.9 Å². The molecule has 0 amide bonds. The Labute approximate surface area is 121 Å². The van der Waals surface area contributed by atoms with Gasteiger partial charge in [0.15, 0.2) is 0 Å². The van der Waals surface area contributed by atoms with E-state index in [1.54, 1.807) is 0 Å². The van der Waals surface area contributed by atoms with Crippen LogP contribution in [-0.2, 0) is 13.0 Å². The Kier molecular flexibility index (Phi) is 5.13. The third-order valence-corrected chi connectivity index (χ3v) is 3.33. The third kappa shape index (κ3) is 3.81. The SMILES string of the molecule is CCN(Cc1ccccn1)c1ccccc1CC(C)N. The van der Waals surface area contributed by atoms with E-state index >= 15 is 0 Å². The van der Waals surface area contributed by atoms with Gasteiger partial charge in [-0.3, -0.25) is 4.98 Å². The highest BCUT2D eigenvalue weighted by Crippen LogP contribution is 2.23. The molecule has 106 valence electrons. The van der Waals surface area contributed by atoms with Gasteiger partial charge >= 0.3 is 0 Å². The minimum absolute atomic E-state index is 0.171. The van der Waals surface area contributed by atoms with Crippen LogP contribution in [0, 0.1) is 0 Å². The van der Waals surface area contributed by atoms with Crippen molar-refractivity contribution in [2.75, 3.05) is 11.4 Å². The Morgan fingerprint density at radius 3 is 2.55 bits per heavy atom. The fourth-order valence-electron chi connectivity index (χ4n) is 2.39. The summed E-state index contributed by atoms with van der Waals surface area (Å²) in [5.74, 6) is 0. The predicted octanol–water partition coefficient (Wildman–Crippen LogP) is 3.00. The molecule has 1 heterocycles. The number of nitrogens with two attached hydrogens (primary N) is 1. The molecule has 1 atom stereocenters. The second-order valence-electron chi connectivity index (χ2n) is 5.15. The Morgan fingerprint density at radius 1 is 1.15 bits per heavy atom. The molecule has 3 heteroatoms. The summed E-state index contributed by atoms with van der Waals surface area (Å²) in [4.78, 5) is 6.76. The van der Waals surface area contributed by atoms with E-state index in [0.29, 0.717) is 0 Å². The molecule has 1 aromatic carbocycles. The lowest BCUT2D eigenvalue weighted by molar-refractivity contribution is 0.727. The van der Waals surface area contributed by atoms with Crippen molar-refractivity contribution in [1.82, 2.24) is 4.98 Å². The maximum atomic E-state index is 5.96. The van der Waals surface area contributed by atoms with Crippen LogP contribution < -0.4 is 10.6 Å². The summed E-state index contributed by atoms with van der Waals surface area (Å²) in [6, 6.07) is 14.7. The van der Waals surface area contributed by atoms with Gasteiger partial charge in [-0.2, -0.15) is 0 Å². The topological polar surface area (TPSA) is 42.2 Å². The molecule has 0 radical (unpaired) electrons. The van der Waals surface area contributed by atoms with Gasteiger partial charge in [-0.25, -0.2) is 0 Å². The second-order valence-corrected chi connectivity index (χ2v) is 5.15. The number of benzene rings is 1. The lowest BCUT2D eigenvalue weighted by atomic mass is 10.0. The van der Waals surface area contributed by atoms with Crippen LogP contribution >= 0.6 is 0 Å². The highest BCUT2D eigenvalue weighted by atomic mass is 15.1. The summed E-state index contributed by atoms with van der Waals surface area (Å²) in [6.45, 7) is 6.00. The summed E-state index contributed by atoms with van der Waals surface area (Å²) in [7, 11) is 0. The summed E-state index contributed by atoms with van der Waals surface area (Å²) in [5, 5.41) is 0. The maximum Gasteiger partial charge on any atom is 0.0601 e. The fraction of sp³-hybridized carbons (Fsp3) is 0.353. The van der Waals surface area contributed by atoms with Gasteiger partial charge in [0.25, 0.3) is 0 Å².